The van der Waals surface area contributed by atoms with Crippen molar-refractivity contribution >= 4 is 8.32 Å². The van der Waals surface area contributed by atoms with E-state index in [4.69, 9.17) is 9.16 Å². The summed E-state index contributed by atoms with van der Waals surface area (Å²) >= 11 is 0. The van der Waals surface area contributed by atoms with Gasteiger partial charge in [-0.2, -0.15) is 0 Å². The molecule has 0 heterocycles. The van der Waals surface area contributed by atoms with E-state index in [1.807, 2.05) is 0 Å². The van der Waals surface area contributed by atoms with Crippen LogP contribution < -0.4 is 0 Å². The molecule has 0 spiro atoms. The summed E-state index contributed by atoms with van der Waals surface area (Å²) in [4.78, 5) is 0. The molecule has 1 aromatic rings. The van der Waals surface area contributed by atoms with E-state index in [0.717, 1.165) is 25.0 Å². The molecule has 0 radical (unpaired) electrons. The third kappa shape index (κ3) is 5.88. The molecule has 4 atom stereocenters. The SMILES string of the molecule is C=CC[C@]1(C)C(OCc2ccccc2)CC[C@H]1[C@@H](C)CC(=C)O[Si](C)(C)C(C)(C)C. The predicted molar refractivity (Wildman–Crippen MR) is 132 cm³/mol. The van der Waals surface area contributed by atoms with Gasteiger partial charge in [0.05, 0.1) is 18.5 Å². The van der Waals surface area contributed by atoms with E-state index in [1.165, 1.54) is 12.0 Å². The summed E-state index contributed by atoms with van der Waals surface area (Å²) in [6.45, 7) is 25.3. The molecule has 2 nitrogen and oxygen atoms in total. The first-order valence-electron chi connectivity index (χ1n) is 11.5. The Morgan fingerprint density at radius 2 is 1.87 bits per heavy atom. The van der Waals surface area contributed by atoms with Gasteiger partial charge in [0.1, 0.15) is 0 Å². The first kappa shape index (κ1) is 24.9. The predicted octanol–water partition coefficient (Wildman–Crippen LogP) is 8.13. The first-order chi connectivity index (χ1) is 13.9. The summed E-state index contributed by atoms with van der Waals surface area (Å²) in [5, 5.41) is 0.195. The fourth-order valence-electron chi connectivity index (χ4n) is 4.86. The molecule has 0 saturated heterocycles. The maximum absolute atomic E-state index is 6.49. The maximum atomic E-state index is 6.49. The first-order valence-corrected chi connectivity index (χ1v) is 14.4. The molecule has 168 valence electrons. The van der Waals surface area contributed by atoms with E-state index in [1.54, 1.807) is 0 Å². The van der Waals surface area contributed by atoms with E-state index in [9.17, 15) is 0 Å². The molecule has 0 amide bonds. The van der Waals surface area contributed by atoms with E-state index < -0.39 is 8.32 Å². The Labute approximate surface area is 186 Å². The van der Waals surface area contributed by atoms with Gasteiger partial charge in [0.25, 0.3) is 0 Å². The summed E-state index contributed by atoms with van der Waals surface area (Å²) in [5.74, 6) is 2.05. The van der Waals surface area contributed by atoms with E-state index in [2.05, 4.69) is 97.3 Å². The minimum Gasteiger partial charge on any atom is -0.547 e. The number of allylic oxidation sites excluding steroid dienone is 2. The van der Waals surface area contributed by atoms with Crippen LogP contribution in [0.3, 0.4) is 0 Å². The second-order valence-corrected chi connectivity index (χ2v) is 15.8. The molecule has 0 bridgehead atoms. The monoisotopic (exact) mass is 428 g/mol. The van der Waals surface area contributed by atoms with Crippen molar-refractivity contribution in [3.05, 3.63) is 60.9 Å². The van der Waals surface area contributed by atoms with Gasteiger partial charge in [0.15, 0.2) is 0 Å². The molecule has 1 aromatic carbocycles. The van der Waals surface area contributed by atoms with Gasteiger partial charge in [-0.05, 0) is 54.8 Å². The molecule has 1 aliphatic carbocycles. The highest BCUT2D eigenvalue weighted by Gasteiger charge is 2.48. The fourth-order valence-corrected chi connectivity index (χ4v) is 5.97. The molecule has 1 saturated carbocycles. The van der Waals surface area contributed by atoms with Gasteiger partial charge in [-0.3, -0.25) is 0 Å². The zero-order valence-corrected chi connectivity index (χ0v) is 21.5. The van der Waals surface area contributed by atoms with Crippen molar-refractivity contribution in [1.29, 1.82) is 0 Å². The van der Waals surface area contributed by atoms with Gasteiger partial charge in [-0.1, -0.05) is 77.6 Å². The Balaban J connectivity index is 2.04. The highest BCUT2D eigenvalue weighted by atomic mass is 28.4. The highest BCUT2D eigenvalue weighted by Crippen LogP contribution is 2.52. The van der Waals surface area contributed by atoms with Crippen molar-refractivity contribution in [3.8, 4) is 0 Å². The Morgan fingerprint density at radius 1 is 1.23 bits per heavy atom. The lowest BCUT2D eigenvalue weighted by atomic mass is 9.69. The largest absolute Gasteiger partial charge is 0.547 e. The van der Waals surface area contributed by atoms with Crippen LogP contribution in [0.15, 0.2) is 55.3 Å². The molecule has 0 aromatic heterocycles. The van der Waals surface area contributed by atoms with E-state index in [-0.39, 0.29) is 16.6 Å². The third-order valence-corrected chi connectivity index (χ3v) is 12.1. The lowest BCUT2D eigenvalue weighted by molar-refractivity contribution is -0.0446. The van der Waals surface area contributed by atoms with Crippen LogP contribution in [0, 0.1) is 17.3 Å². The molecule has 3 heteroatoms. The van der Waals surface area contributed by atoms with Crippen LogP contribution in [-0.2, 0) is 15.8 Å². The summed E-state index contributed by atoms with van der Waals surface area (Å²) in [7, 11) is -1.83. The van der Waals surface area contributed by atoms with Crippen LogP contribution in [0.25, 0.3) is 0 Å². The van der Waals surface area contributed by atoms with Crippen LogP contribution in [0.5, 0.6) is 0 Å². The second kappa shape index (κ2) is 9.87. The van der Waals surface area contributed by atoms with Crippen LogP contribution in [-0.4, -0.2) is 14.4 Å². The smallest absolute Gasteiger partial charge is 0.250 e. The van der Waals surface area contributed by atoms with E-state index in [0.29, 0.717) is 18.4 Å². The normalized spacial score (nSPS) is 25.7. The number of rotatable bonds is 10. The standard InChI is InChI=1S/C27H44O2Si/c1-10-18-27(7)24(16-17-25(27)28-20-23-14-12-11-13-15-23)21(2)19-22(3)29-30(8,9)26(4,5)6/h10-15,21,24-25H,1,3,16-20H2,2,4-9H3/t21-,24-,25?,27-/m0/s1. The summed E-state index contributed by atoms with van der Waals surface area (Å²) < 4.78 is 13.0. The van der Waals surface area contributed by atoms with Gasteiger partial charge >= 0.3 is 0 Å². The quantitative estimate of drug-likeness (QED) is 0.213. The number of ether oxygens (including phenoxy) is 1. The minimum atomic E-state index is -1.83. The topological polar surface area (TPSA) is 18.5 Å². The lowest BCUT2D eigenvalue weighted by Gasteiger charge is -2.41. The molecule has 0 aliphatic heterocycles. The second-order valence-electron chi connectivity index (χ2n) is 11.1. The summed E-state index contributed by atoms with van der Waals surface area (Å²) in [6, 6.07) is 10.5. The maximum Gasteiger partial charge on any atom is 0.250 e. The molecule has 0 N–H and O–H groups in total. The number of benzene rings is 1. The van der Waals surface area contributed by atoms with Crippen LogP contribution in [0.4, 0.5) is 0 Å². The number of hydrogen-bond donors (Lipinski definition) is 0. The minimum absolute atomic E-state index is 0.104. The van der Waals surface area contributed by atoms with Gasteiger partial charge < -0.3 is 9.16 Å². The van der Waals surface area contributed by atoms with Crippen molar-refractivity contribution in [2.24, 2.45) is 17.3 Å². The van der Waals surface area contributed by atoms with Crippen molar-refractivity contribution in [1.82, 2.24) is 0 Å². The van der Waals surface area contributed by atoms with Crippen molar-refractivity contribution in [2.45, 2.75) is 91.1 Å². The van der Waals surface area contributed by atoms with Crippen molar-refractivity contribution < 1.29 is 9.16 Å². The van der Waals surface area contributed by atoms with Gasteiger partial charge in [0, 0.05) is 11.8 Å². The Kier molecular flexibility index (Phi) is 8.20. The molecule has 1 fully saturated rings. The van der Waals surface area contributed by atoms with Crippen LogP contribution in [0.1, 0.15) is 65.9 Å². The Morgan fingerprint density at radius 3 is 2.43 bits per heavy atom. The van der Waals surface area contributed by atoms with E-state index >= 15 is 0 Å². The fraction of sp³-hybridized carbons (Fsp3) is 0.630. The average molecular weight is 429 g/mol. The lowest BCUT2D eigenvalue weighted by Crippen LogP contribution is -2.41. The Bertz CT molecular complexity index is 703. The van der Waals surface area contributed by atoms with Crippen molar-refractivity contribution in [3.63, 3.8) is 0 Å². The summed E-state index contributed by atoms with van der Waals surface area (Å²) in [5.41, 5.74) is 1.35. The third-order valence-electron chi connectivity index (χ3n) is 7.64. The van der Waals surface area contributed by atoms with Gasteiger partial charge in [0.2, 0.25) is 8.32 Å². The van der Waals surface area contributed by atoms with Crippen LogP contribution >= 0.6 is 0 Å². The molecular weight excluding hydrogens is 384 g/mol. The zero-order chi connectivity index (χ0) is 22.6. The van der Waals surface area contributed by atoms with Crippen LogP contribution in [0.2, 0.25) is 18.1 Å². The Hall–Kier alpha value is -1.32. The molecule has 2 rings (SSSR count). The number of hydrogen-bond acceptors (Lipinski definition) is 2. The average Bonchev–Trinajstić information content (AvgIpc) is 2.95. The summed E-state index contributed by atoms with van der Waals surface area (Å²) in [6.07, 6.45) is 6.55. The van der Waals surface area contributed by atoms with Gasteiger partial charge in [-0.15, -0.1) is 6.58 Å². The highest BCUT2D eigenvalue weighted by molar-refractivity contribution is 6.74. The van der Waals surface area contributed by atoms with Crippen molar-refractivity contribution in [2.75, 3.05) is 0 Å². The zero-order valence-electron chi connectivity index (χ0n) is 20.5. The molecule has 30 heavy (non-hydrogen) atoms. The molecule has 1 unspecified atom stereocenters. The molecular formula is C27H44O2Si. The molecule has 1 aliphatic rings. The van der Waals surface area contributed by atoms with Gasteiger partial charge in [-0.25, -0.2) is 0 Å².